The summed E-state index contributed by atoms with van der Waals surface area (Å²) in [4.78, 5) is 0. The Morgan fingerprint density at radius 3 is 1.11 bits per heavy atom. The van der Waals surface area contributed by atoms with Crippen molar-refractivity contribution in [2.75, 3.05) is 0 Å². The van der Waals surface area contributed by atoms with Crippen molar-refractivity contribution in [3.8, 4) is 17.2 Å². The molecule has 76 heavy (non-hydrogen) atoms. The molecule has 0 saturated carbocycles. The average Bonchev–Trinajstić information content (AvgIpc) is 3.47. The van der Waals surface area contributed by atoms with Crippen LogP contribution in [-0.2, 0) is 52.0 Å². The van der Waals surface area contributed by atoms with Gasteiger partial charge in [-0.1, -0.05) is 193 Å². The van der Waals surface area contributed by atoms with Gasteiger partial charge in [0.2, 0.25) is 0 Å². The van der Waals surface area contributed by atoms with E-state index in [1.165, 1.54) is 27.8 Å². The van der Waals surface area contributed by atoms with E-state index < -0.39 is 6.29 Å². The average molecular weight is 1030 g/mol. The lowest BCUT2D eigenvalue weighted by molar-refractivity contribution is -0.264. The van der Waals surface area contributed by atoms with Crippen molar-refractivity contribution in [2.24, 2.45) is 23.7 Å². The van der Waals surface area contributed by atoms with Crippen molar-refractivity contribution < 1.29 is 38.3 Å². The van der Waals surface area contributed by atoms with Gasteiger partial charge < -0.3 is 38.3 Å². The molecule has 0 aromatic heterocycles. The van der Waals surface area contributed by atoms with Crippen molar-refractivity contribution in [3.05, 3.63) is 232 Å². The van der Waals surface area contributed by atoms with Crippen LogP contribution >= 0.6 is 0 Å². The monoisotopic (exact) mass is 1030 g/mol. The maximum Gasteiger partial charge on any atom is 0.181 e. The third-order valence-electron chi connectivity index (χ3n) is 15.1. The predicted molar refractivity (Wildman–Crippen MR) is 305 cm³/mol. The molecule has 10 atom stereocenters. The second-order valence-electron chi connectivity index (χ2n) is 20.7. The smallest absolute Gasteiger partial charge is 0.181 e. The van der Waals surface area contributed by atoms with Crippen LogP contribution in [-0.4, -0.2) is 35.8 Å². The highest BCUT2D eigenvalue weighted by Gasteiger charge is 2.43. The zero-order valence-corrected chi connectivity index (χ0v) is 46.3. The molecule has 7 aromatic carbocycles. The minimum Gasteiger partial charge on any atom is -0.489 e. The highest BCUT2D eigenvalue weighted by atomic mass is 16.6. The second-order valence-corrected chi connectivity index (χ2v) is 20.7. The normalized spacial score (nSPS) is 23.0. The van der Waals surface area contributed by atoms with Crippen molar-refractivity contribution >= 4 is 0 Å². The first-order chi connectivity index (χ1) is 36.9. The fourth-order valence-corrected chi connectivity index (χ4v) is 10.3. The maximum absolute atomic E-state index is 10.1. The van der Waals surface area contributed by atoms with Crippen LogP contribution in [0.4, 0.5) is 0 Å². The number of benzene rings is 7. The first-order valence-electron chi connectivity index (χ1n) is 27.4. The number of aliphatic hydroxyl groups excluding tert-OH is 1. The molecule has 0 aliphatic carbocycles. The Labute approximate surface area is 454 Å². The Hall–Kier alpha value is -6.26. The van der Waals surface area contributed by atoms with Gasteiger partial charge in [-0.3, -0.25) is 0 Å². The summed E-state index contributed by atoms with van der Waals surface area (Å²) < 4.78 is 42.8. The van der Waals surface area contributed by atoms with Gasteiger partial charge in [-0.15, -0.1) is 0 Å². The molecule has 402 valence electrons. The first kappa shape index (κ1) is 57.4. The molecule has 2 heterocycles. The molecule has 2 aliphatic heterocycles. The highest BCUT2D eigenvalue weighted by molar-refractivity contribution is 5.43. The number of aryl methyl sites for hydroxylation is 3. The van der Waals surface area contributed by atoms with Gasteiger partial charge in [0.15, 0.2) is 6.29 Å². The molecule has 10 unspecified atom stereocenters. The molecule has 1 N–H and O–H groups in total. The van der Waals surface area contributed by atoms with Crippen LogP contribution in [0.1, 0.15) is 111 Å². The lowest BCUT2D eigenvalue weighted by Crippen LogP contribution is -2.50. The van der Waals surface area contributed by atoms with E-state index in [-0.39, 0.29) is 36.4 Å². The third kappa shape index (κ3) is 16.6. The van der Waals surface area contributed by atoms with E-state index in [4.69, 9.17) is 33.2 Å². The number of rotatable bonds is 18. The molecule has 0 bridgehead atoms. The molecule has 2 fully saturated rings. The fraction of sp³-hybridized carbons (Fsp3) is 0.382. The lowest BCUT2D eigenvalue weighted by Gasteiger charge is -2.45. The van der Waals surface area contributed by atoms with E-state index >= 15 is 0 Å². The van der Waals surface area contributed by atoms with Gasteiger partial charge in [0.25, 0.3) is 0 Å². The minimum atomic E-state index is -0.820. The van der Waals surface area contributed by atoms with E-state index in [0.717, 1.165) is 52.3 Å². The minimum absolute atomic E-state index is 0.00788. The summed E-state index contributed by atoms with van der Waals surface area (Å²) >= 11 is 0. The summed E-state index contributed by atoms with van der Waals surface area (Å²) in [6.07, 6.45) is 1.11. The van der Waals surface area contributed by atoms with E-state index in [0.29, 0.717) is 50.8 Å². The van der Waals surface area contributed by atoms with Crippen LogP contribution < -0.4 is 14.2 Å². The Morgan fingerprint density at radius 2 is 0.724 bits per heavy atom. The van der Waals surface area contributed by atoms with Crippen LogP contribution in [0.2, 0.25) is 0 Å². The van der Waals surface area contributed by atoms with Crippen LogP contribution in [0, 0.1) is 44.4 Å². The summed E-state index contributed by atoms with van der Waals surface area (Å²) in [7, 11) is 0. The van der Waals surface area contributed by atoms with Crippen molar-refractivity contribution in [2.45, 2.75) is 145 Å². The van der Waals surface area contributed by atoms with Crippen molar-refractivity contribution in [1.29, 1.82) is 0 Å². The largest absolute Gasteiger partial charge is 0.489 e. The molecule has 2 saturated heterocycles. The topological polar surface area (TPSA) is 84.8 Å². The van der Waals surface area contributed by atoms with Gasteiger partial charge >= 0.3 is 0 Å². The summed E-state index contributed by atoms with van der Waals surface area (Å²) in [5.74, 6) is 4.07. The third-order valence-corrected chi connectivity index (χ3v) is 15.1. The molecule has 9 rings (SSSR count). The van der Waals surface area contributed by atoms with Crippen molar-refractivity contribution in [1.82, 2.24) is 0 Å². The fourth-order valence-electron chi connectivity index (χ4n) is 10.3. The van der Waals surface area contributed by atoms with Crippen molar-refractivity contribution in [3.63, 3.8) is 0 Å². The van der Waals surface area contributed by atoms with E-state index in [9.17, 15) is 5.11 Å². The summed E-state index contributed by atoms with van der Waals surface area (Å²) in [6, 6.07) is 61.3. The number of hydrogen-bond donors (Lipinski definition) is 1. The molecule has 7 aromatic rings. The van der Waals surface area contributed by atoms with Gasteiger partial charge in [0, 0.05) is 6.07 Å². The van der Waals surface area contributed by atoms with E-state index in [1.807, 2.05) is 116 Å². The molecule has 0 amide bonds. The molecule has 8 nitrogen and oxygen atoms in total. The van der Waals surface area contributed by atoms with Crippen LogP contribution in [0.15, 0.2) is 182 Å². The molecule has 0 spiro atoms. The number of ether oxygens (including phenoxy) is 7. The molecule has 8 heteroatoms. The van der Waals surface area contributed by atoms with Gasteiger partial charge in [-0.2, -0.15) is 0 Å². The maximum atomic E-state index is 10.1. The van der Waals surface area contributed by atoms with Crippen LogP contribution in [0.25, 0.3) is 0 Å². The van der Waals surface area contributed by atoms with Crippen LogP contribution in [0.5, 0.6) is 17.2 Å². The summed E-state index contributed by atoms with van der Waals surface area (Å²) in [5, 5.41) is 10.1. The zero-order chi connectivity index (χ0) is 53.8. The van der Waals surface area contributed by atoms with Crippen LogP contribution in [0.3, 0.4) is 0 Å². The number of hydrogen-bond acceptors (Lipinski definition) is 8. The standard InChI is InChI=1S/C31H38O3.C21H20O2.C16H24O3/c1-6-28-23(4)24(5)30(33-20-26-15-11-8-12-16-26)31(34-28)29-21(2)17-27(18-22(29)3)32-19-25-13-9-7-10-14-25;1-17-12-20(22-15-18-8-4-2-5-9-18)14-21(13-17)23-16-19-10-6-3-7-11-19;1-4-14-11(2)12(3)15(16(17)19-14)18-10-13-8-6-5-7-9-13/h7-18,23-24,28,30-31H,6,19-20H2,1-5H3;2-14H,15-16H2,1H3;5-9,11-12,14-17H,4,10H2,1-3H3. The van der Waals surface area contributed by atoms with Gasteiger partial charge in [0.1, 0.15) is 49.3 Å². The van der Waals surface area contributed by atoms with Gasteiger partial charge in [0.05, 0.1) is 31.5 Å². The van der Waals surface area contributed by atoms with E-state index in [2.05, 4.69) is 128 Å². The Kier molecular flexibility index (Phi) is 22.2. The Balaban J connectivity index is 0.000000175. The molecular formula is C68H82O8. The summed E-state index contributed by atoms with van der Waals surface area (Å²) in [5.41, 5.74) is 10.5. The predicted octanol–water partition coefficient (Wildman–Crippen LogP) is 15.7. The van der Waals surface area contributed by atoms with Gasteiger partial charge in [-0.25, -0.2) is 0 Å². The molecule has 2 aliphatic rings. The second kappa shape index (κ2) is 29.3. The quantitative estimate of drug-likeness (QED) is 0.0910. The number of aliphatic hydroxyl groups is 1. The Bertz CT molecular complexity index is 2650. The Morgan fingerprint density at radius 1 is 0.395 bits per heavy atom. The van der Waals surface area contributed by atoms with E-state index in [1.54, 1.807) is 0 Å². The first-order valence-corrected chi connectivity index (χ1v) is 27.4. The molecule has 0 radical (unpaired) electrons. The zero-order valence-electron chi connectivity index (χ0n) is 46.3. The SMILES string of the molecule is CCC1OC(O)C(OCc2ccccc2)C(C)C1C.CCC1OC(c2c(C)cc(OCc3ccccc3)cc2C)C(OCc2ccccc2)C(C)C1C.Cc1cc(OCc2ccccc2)cc(OCc2ccccc2)c1. The summed E-state index contributed by atoms with van der Waals surface area (Å²) in [6.45, 7) is 22.4. The lowest BCUT2D eigenvalue weighted by atomic mass is 9.77. The van der Waals surface area contributed by atoms with Gasteiger partial charge in [-0.05, 0) is 132 Å². The molecular weight excluding hydrogens is 945 g/mol. The highest BCUT2D eigenvalue weighted by Crippen LogP contribution is 2.44.